The van der Waals surface area contributed by atoms with Gasteiger partial charge < -0.3 is 14.8 Å². The first-order chi connectivity index (χ1) is 12.5. The fourth-order valence-electron chi connectivity index (χ4n) is 1.90. The fourth-order valence-corrected chi connectivity index (χ4v) is 2.03. The SMILES string of the molecule is O=C(COC(=O)c1cccc([N+](=O)[O-])c1)NCCOc1ccc(Cl)cc1. The number of hydrogen-bond acceptors (Lipinski definition) is 6. The van der Waals surface area contributed by atoms with Gasteiger partial charge in [0.2, 0.25) is 0 Å². The molecule has 0 aliphatic carbocycles. The second-order valence-electron chi connectivity index (χ2n) is 5.04. The summed E-state index contributed by atoms with van der Waals surface area (Å²) in [5.74, 6) is -0.717. The van der Waals surface area contributed by atoms with E-state index in [1.54, 1.807) is 24.3 Å². The van der Waals surface area contributed by atoms with Crippen molar-refractivity contribution < 1.29 is 24.0 Å². The lowest BCUT2D eigenvalue weighted by Crippen LogP contribution is -2.32. The number of nitrogens with one attached hydrogen (secondary N) is 1. The van der Waals surface area contributed by atoms with Gasteiger partial charge in [-0.2, -0.15) is 0 Å². The Kier molecular flexibility index (Phi) is 6.92. The minimum absolute atomic E-state index is 0.00179. The Morgan fingerprint density at radius 1 is 1.15 bits per heavy atom. The summed E-state index contributed by atoms with van der Waals surface area (Å²) < 4.78 is 10.2. The first-order valence-electron chi connectivity index (χ1n) is 7.52. The Bertz CT molecular complexity index is 794. The van der Waals surface area contributed by atoms with E-state index < -0.39 is 23.4 Å². The van der Waals surface area contributed by atoms with Crippen molar-refractivity contribution in [2.45, 2.75) is 0 Å². The fraction of sp³-hybridized carbons (Fsp3) is 0.176. The van der Waals surface area contributed by atoms with Crippen LogP contribution in [0.15, 0.2) is 48.5 Å². The number of hydrogen-bond donors (Lipinski definition) is 1. The predicted octanol–water partition coefficient (Wildman–Crippen LogP) is 2.60. The van der Waals surface area contributed by atoms with Crippen LogP contribution in [-0.2, 0) is 9.53 Å². The molecule has 0 aromatic heterocycles. The average Bonchev–Trinajstić information content (AvgIpc) is 2.64. The highest BCUT2D eigenvalue weighted by atomic mass is 35.5. The number of ether oxygens (including phenoxy) is 2. The van der Waals surface area contributed by atoms with Crippen LogP contribution in [0.1, 0.15) is 10.4 Å². The van der Waals surface area contributed by atoms with Crippen molar-refractivity contribution in [3.8, 4) is 5.75 Å². The Balaban J connectivity index is 1.69. The normalized spacial score (nSPS) is 10.0. The molecule has 2 rings (SSSR count). The minimum atomic E-state index is -0.818. The molecular weight excluding hydrogens is 364 g/mol. The van der Waals surface area contributed by atoms with E-state index in [0.29, 0.717) is 10.8 Å². The molecule has 0 unspecified atom stereocenters. The van der Waals surface area contributed by atoms with E-state index in [2.05, 4.69) is 5.32 Å². The van der Waals surface area contributed by atoms with E-state index in [9.17, 15) is 19.7 Å². The second-order valence-corrected chi connectivity index (χ2v) is 5.47. The van der Waals surface area contributed by atoms with Gasteiger partial charge in [0.05, 0.1) is 17.0 Å². The van der Waals surface area contributed by atoms with Gasteiger partial charge in [-0.3, -0.25) is 14.9 Å². The third-order valence-electron chi connectivity index (χ3n) is 3.13. The first kappa shape index (κ1) is 19.2. The van der Waals surface area contributed by atoms with Crippen LogP contribution in [0.3, 0.4) is 0 Å². The number of nitrogens with zero attached hydrogens (tertiary/aromatic N) is 1. The highest BCUT2D eigenvalue weighted by Gasteiger charge is 2.14. The number of amides is 1. The third kappa shape index (κ3) is 6.06. The molecule has 2 aromatic carbocycles. The van der Waals surface area contributed by atoms with Gasteiger partial charge in [0.1, 0.15) is 12.4 Å². The highest BCUT2D eigenvalue weighted by molar-refractivity contribution is 6.30. The maximum Gasteiger partial charge on any atom is 0.338 e. The lowest BCUT2D eigenvalue weighted by Gasteiger charge is -2.08. The summed E-state index contributed by atoms with van der Waals surface area (Å²) in [6, 6.07) is 11.8. The van der Waals surface area contributed by atoms with Crippen LogP contribution in [0.2, 0.25) is 5.02 Å². The van der Waals surface area contributed by atoms with E-state index in [-0.39, 0.29) is 24.4 Å². The molecule has 0 saturated heterocycles. The Labute approximate surface area is 153 Å². The zero-order chi connectivity index (χ0) is 18.9. The Morgan fingerprint density at radius 2 is 1.88 bits per heavy atom. The van der Waals surface area contributed by atoms with Gasteiger partial charge in [-0.25, -0.2) is 4.79 Å². The minimum Gasteiger partial charge on any atom is -0.492 e. The zero-order valence-corrected chi connectivity index (χ0v) is 14.3. The number of rotatable bonds is 8. The van der Waals surface area contributed by atoms with Crippen LogP contribution in [0.5, 0.6) is 5.75 Å². The van der Waals surface area contributed by atoms with Crippen LogP contribution in [0.25, 0.3) is 0 Å². The van der Waals surface area contributed by atoms with Gasteiger partial charge in [-0.15, -0.1) is 0 Å². The van der Waals surface area contributed by atoms with Crippen molar-refractivity contribution >= 4 is 29.2 Å². The maximum atomic E-state index is 11.8. The largest absolute Gasteiger partial charge is 0.492 e. The van der Waals surface area contributed by atoms with Crippen LogP contribution >= 0.6 is 11.6 Å². The summed E-state index contributed by atoms with van der Waals surface area (Å²) in [7, 11) is 0. The van der Waals surface area contributed by atoms with Crippen molar-refractivity contribution in [3.63, 3.8) is 0 Å². The number of carbonyl (C=O) groups is 2. The molecule has 0 aliphatic rings. The Hall–Kier alpha value is -3.13. The summed E-state index contributed by atoms with van der Waals surface area (Å²) in [5, 5.41) is 13.8. The van der Waals surface area contributed by atoms with Gasteiger partial charge in [0.15, 0.2) is 6.61 Å². The van der Waals surface area contributed by atoms with E-state index in [1.165, 1.54) is 18.2 Å². The molecule has 9 heteroatoms. The average molecular weight is 379 g/mol. The molecule has 2 aromatic rings. The van der Waals surface area contributed by atoms with Crippen LogP contribution < -0.4 is 10.1 Å². The third-order valence-corrected chi connectivity index (χ3v) is 3.39. The molecule has 0 bridgehead atoms. The molecule has 1 N–H and O–H groups in total. The standard InChI is InChI=1S/C17H15ClN2O6/c18-13-4-6-15(7-5-13)25-9-8-19-16(21)11-26-17(22)12-2-1-3-14(10-12)20(23)24/h1-7,10H,8-9,11H2,(H,19,21). The van der Waals surface area contributed by atoms with E-state index in [4.69, 9.17) is 21.1 Å². The van der Waals surface area contributed by atoms with Gasteiger partial charge in [-0.1, -0.05) is 17.7 Å². The maximum absolute atomic E-state index is 11.8. The lowest BCUT2D eigenvalue weighted by atomic mass is 10.2. The first-order valence-corrected chi connectivity index (χ1v) is 7.90. The molecule has 1 amide bonds. The molecular formula is C17H15ClN2O6. The Morgan fingerprint density at radius 3 is 2.58 bits per heavy atom. The molecule has 0 heterocycles. The molecule has 0 spiro atoms. The van der Waals surface area contributed by atoms with Crippen molar-refractivity contribution in [2.24, 2.45) is 0 Å². The van der Waals surface area contributed by atoms with Gasteiger partial charge in [-0.05, 0) is 30.3 Å². The van der Waals surface area contributed by atoms with Crippen molar-refractivity contribution in [1.82, 2.24) is 5.32 Å². The molecule has 26 heavy (non-hydrogen) atoms. The van der Waals surface area contributed by atoms with Gasteiger partial charge in [0.25, 0.3) is 11.6 Å². The molecule has 0 radical (unpaired) electrons. The number of halogens is 1. The van der Waals surface area contributed by atoms with Crippen LogP contribution in [-0.4, -0.2) is 36.6 Å². The van der Waals surface area contributed by atoms with Gasteiger partial charge in [0, 0.05) is 17.2 Å². The highest BCUT2D eigenvalue weighted by Crippen LogP contribution is 2.15. The summed E-state index contributed by atoms with van der Waals surface area (Å²) in [4.78, 5) is 33.5. The van der Waals surface area contributed by atoms with E-state index >= 15 is 0 Å². The number of carbonyl (C=O) groups excluding carboxylic acids is 2. The number of nitro benzene ring substituents is 1. The smallest absolute Gasteiger partial charge is 0.338 e. The monoisotopic (exact) mass is 378 g/mol. The van der Waals surface area contributed by atoms with E-state index in [0.717, 1.165) is 6.07 Å². The molecule has 8 nitrogen and oxygen atoms in total. The van der Waals surface area contributed by atoms with Crippen molar-refractivity contribution in [3.05, 3.63) is 69.2 Å². The molecule has 136 valence electrons. The molecule has 0 saturated carbocycles. The van der Waals surface area contributed by atoms with E-state index in [1.807, 2.05) is 0 Å². The summed E-state index contributed by atoms with van der Waals surface area (Å²) >= 11 is 5.76. The topological polar surface area (TPSA) is 108 Å². The summed E-state index contributed by atoms with van der Waals surface area (Å²) in [6.07, 6.45) is 0. The van der Waals surface area contributed by atoms with Crippen LogP contribution in [0.4, 0.5) is 5.69 Å². The van der Waals surface area contributed by atoms with Crippen LogP contribution in [0, 0.1) is 10.1 Å². The summed E-state index contributed by atoms with van der Waals surface area (Å²) in [5.41, 5.74) is -0.235. The van der Waals surface area contributed by atoms with Gasteiger partial charge >= 0.3 is 5.97 Å². The number of benzene rings is 2. The lowest BCUT2D eigenvalue weighted by molar-refractivity contribution is -0.384. The summed E-state index contributed by atoms with van der Waals surface area (Å²) in [6.45, 7) is -0.0511. The van der Waals surface area contributed by atoms with Crippen molar-refractivity contribution in [2.75, 3.05) is 19.8 Å². The number of non-ortho nitro benzene ring substituents is 1. The zero-order valence-electron chi connectivity index (χ0n) is 13.5. The molecule has 0 atom stereocenters. The number of nitro groups is 1. The quantitative estimate of drug-likeness (QED) is 0.327. The number of esters is 1. The molecule has 0 fully saturated rings. The molecule has 0 aliphatic heterocycles. The van der Waals surface area contributed by atoms with Crippen molar-refractivity contribution in [1.29, 1.82) is 0 Å². The predicted molar refractivity (Wildman–Crippen MR) is 93.3 cm³/mol. The second kappa shape index (κ2) is 9.38.